The Balaban J connectivity index is 2.16. The molecule has 2 aromatic rings. The van der Waals surface area contributed by atoms with Crippen LogP contribution in [0.5, 0.6) is 0 Å². The number of nitrogens with zero attached hydrogens (tertiary/aromatic N) is 2. The molecule has 0 fully saturated rings. The van der Waals surface area contributed by atoms with E-state index in [0.29, 0.717) is 23.3 Å². The van der Waals surface area contributed by atoms with Crippen molar-refractivity contribution in [2.24, 2.45) is 0 Å². The fraction of sp³-hybridized carbons (Fsp3) is 0.412. The predicted molar refractivity (Wildman–Crippen MR) is 96.3 cm³/mol. The van der Waals surface area contributed by atoms with Crippen LogP contribution in [0.2, 0.25) is 0 Å². The summed E-state index contributed by atoms with van der Waals surface area (Å²) in [6.07, 6.45) is 0.992. The largest absolute Gasteiger partial charge is 0.360 e. The van der Waals surface area contributed by atoms with Crippen molar-refractivity contribution in [2.45, 2.75) is 46.7 Å². The number of anilines is 1. The molecule has 1 unspecified atom stereocenters. The maximum Gasteiger partial charge on any atom is 0.171 e. The van der Waals surface area contributed by atoms with Gasteiger partial charge in [0.15, 0.2) is 5.11 Å². The third-order valence-electron chi connectivity index (χ3n) is 3.89. The van der Waals surface area contributed by atoms with E-state index in [1.54, 1.807) is 16.8 Å². The zero-order valence-corrected chi connectivity index (χ0v) is 14.8. The lowest BCUT2D eigenvalue weighted by Gasteiger charge is -2.15. The summed E-state index contributed by atoms with van der Waals surface area (Å²) in [5.74, 6) is -0.219. The van der Waals surface area contributed by atoms with Crippen LogP contribution in [-0.2, 0) is 6.54 Å². The molecular formula is C17H23FN4S. The van der Waals surface area contributed by atoms with Crippen molar-refractivity contribution in [2.75, 3.05) is 5.32 Å². The van der Waals surface area contributed by atoms with Gasteiger partial charge in [0.25, 0.3) is 0 Å². The molecule has 0 bridgehead atoms. The number of thiocarbonyl (C=S) groups is 1. The number of hydrogen-bond donors (Lipinski definition) is 2. The summed E-state index contributed by atoms with van der Waals surface area (Å²) in [6.45, 7) is 8.44. The molecular weight excluding hydrogens is 311 g/mol. The molecule has 0 radical (unpaired) electrons. The Morgan fingerprint density at radius 1 is 1.35 bits per heavy atom. The second-order valence-electron chi connectivity index (χ2n) is 5.70. The van der Waals surface area contributed by atoms with Crippen molar-refractivity contribution < 1.29 is 4.39 Å². The molecule has 1 aromatic heterocycles. The molecule has 0 spiro atoms. The van der Waals surface area contributed by atoms with Gasteiger partial charge in [0.05, 0.1) is 23.6 Å². The molecule has 23 heavy (non-hydrogen) atoms. The summed E-state index contributed by atoms with van der Waals surface area (Å²) < 4.78 is 15.6. The van der Waals surface area contributed by atoms with Crippen LogP contribution in [0.25, 0.3) is 0 Å². The molecule has 1 heterocycles. The van der Waals surface area contributed by atoms with Crippen molar-refractivity contribution in [3.63, 3.8) is 0 Å². The van der Waals surface area contributed by atoms with Gasteiger partial charge in [-0.3, -0.25) is 4.68 Å². The summed E-state index contributed by atoms with van der Waals surface area (Å²) in [7, 11) is 0. The van der Waals surface area contributed by atoms with Gasteiger partial charge in [-0.1, -0.05) is 25.1 Å². The quantitative estimate of drug-likeness (QED) is 0.817. The average Bonchev–Trinajstić information content (AvgIpc) is 2.77. The standard InChI is InChI=1S/C17H23FN4S/c1-5-11(2)19-17(23)20-16-12(3)21-22(13(16)4)10-14-8-6-7-9-15(14)18/h6-9,11H,5,10H2,1-4H3,(H2,19,20,23). The van der Waals surface area contributed by atoms with Crippen LogP contribution in [0.1, 0.15) is 37.2 Å². The summed E-state index contributed by atoms with van der Waals surface area (Å²) >= 11 is 5.34. The third-order valence-corrected chi connectivity index (χ3v) is 4.11. The molecule has 0 aliphatic rings. The van der Waals surface area contributed by atoms with E-state index in [1.165, 1.54) is 6.07 Å². The highest BCUT2D eigenvalue weighted by Crippen LogP contribution is 2.21. The minimum Gasteiger partial charge on any atom is -0.360 e. The van der Waals surface area contributed by atoms with Gasteiger partial charge in [0, 0.05) is 11.6 Å². The highest BCUT2D eigenvalue weighted by atomic mass is 32.1. The second-order valence-corrected chi connectivity index (χ2v) is 6.11. The van der Waals surface area contributed by atoms with Crippen LogP contribution >= 0.6 is 12.2 Å². The van der Waals surface area contributed by atoms with Crippen LogP contribution in [0.4, 0.5) is 10.1 Å². The monoisotopic (exact) mass is 334 g/mol. The number of halogens is 1. The second kappa shape index (κ2) is 7.55. The molecule has 4 nitrogen and oxygen atoms in total. The Labute approximate surface area is 142 Å². The molecule has 0 aliphatic carbocycles. The first-order valence-electron chi connectivity index (χ1n) is 7.77. The van der Waals surface area contributed by atoms with Gasteiger partial charge in [-0.05, 0) is 45.5 Å². The first-order chi connectivity index (χ1) is 10.9. The Morgan fingerprint density at radius 3 is 2.70 bits per heavy atom. The number of nitrogens with one attached hydrogen (secondary N) is 2. The maximum absolute atomic E-state index is 13.8. The third kappa shape index (κ3) is 4.28. The molecule has 1 atom stereocenters. The Hall–Kier alpha value is -1.95. The van der Waals surface area contributed by atoms with E-state index in [1.807, 2.05) is 19.9 Å². The van der Waals surface area contributed by atoms with E-state index >= 15 is 0 Å². The Kier molecular flexibility index (Phi) is 5.71. The van der Waals surface area contributed by atoms with Gasteiger partial charge in [-0.2, -0.15) is 5.10 Å². The van der Waals surface area contributed by atoms with E-state index in [-0.39, 0.29) is 5.82 Å². The Bertz CT molecular complexity index is 696. The van der Waals surface area contributed by atoms with Crippen LogP contribution in [0.15, 0.2) is 24.3 Å². The van der Waals surface area contributed by atoms with Crippen LogP contribution in [0, 0.1) is 19.7 Å². The van der Waals surface area contributed by atoms with E-state index in [9.17, 15) is 4.39 Å². The van der Waals surface area contributed by atoms with Gasteiger partial charge in [-0.15, -0.1) is 0 Å². The SMILES string of the molecule is CCC(C)NC(=S)Nc1c(C)nn(Cc2ccccc2F)c1C. The summed E-state index contributed by atoms with van der Waals surface area (Å²) in [6, 6.07) is 7.06. The van der Waals surface area contributed by atoms with Crippen LogP contribution in [0.3, 0.4) is 0 Å². The van der Waals surface area contributed by atoms with Crippen molar-refractivity contribution in [3.05, 3.63) is 47.0 Å². The lowest BCUT2D eigenvalue weighted by molar-refractivity contribution is 0.579. The minimum absolute atomic E-state index is 0.219. The zero-order chi connectivity index (χ0) is 17.0. The van der Waals surface area contributed by atoms with E-state index in [2.05, 4.69) is 29.6 Å². The first-order valence-corrected chi connectivity index (χ1v) is 8.18. The van der Waals surface area contributed by atoms with Gasteiger partial charge in [0.2, 0.25) is 0 Å². The summed E-state index contributed by atoms with van der Waals surface area (Å²) in [5, 5.41) is 11.5. The van der Waals surface area contributed by atoms with Gasteiger partial charge < -0.3 is 10.6 Å². The molecule has 0 saturated carbocycles. The van der Waals surface area contributed by atoms with Crippen molar-refractivity contribution in [1.82, 2.24) is 15.1 Å². The lowest BCUT2D eigenvalue weighted by Crippen LogP contribution is -2.35. The van der Waals surface area contributed by atoms with E-state index in [4.69, 9.17) is 12.2 Å². The average molecular weight is 334 g/mol. The molecule has 6 heteroatoms. The number of rotatable bonds is 5. The molecule has 2 rings (SSSR count). The highest BCUT2D eigenvalue weighted by molar-refractivity contribution is 7.80. The summed E-state index contributed by atoms with van der Waals surface area (Å²) in [5.41, 5.74) is 3.26. The molecule has 0 saturated heterocycles. The fourth-order valence-electron chi connectivity index (χ4n) is 2.30. The van der Waals surface area contributed by atoms with E-state index in [0.717, 1.165) is 23.5 Å². The summed E-state index contributed by atoms with van der Waals surface area (Å²) in [4.78, 5) is 0. The van der Waals surface area contributed by atoms with Gasteiger partial charge >= 0.3 is 0 Å². The topological polar surface area (TPSA) is 41.9 Å². The van der Waals surface area contributed by atoms with Crippen LogP contribution < -0.4 is 10.6 Å². The molecule has 1 aromatic carbocycles. The molecule has 124 valence electrons. The van der Waals surface area contributed by atoms with Gasteiger partial charge in [0.1, 0.15) is 5.82 Å². The molecule has 0 amide bonds. The van der Waals surface area contributed by atoms with Crippen molar-refractivity contribution in [3.8, 4) is 0 Å². The van der Waals surface area contributed by atoms with Crippen molar-refractivity contribution in [1.29, 1.82) is 0 Å². The smallest absolute Gasteiger partial charge is 0.171 e. The zero-order valence-electron chi connectivity index (χ0n) is 14.0. The fourth-order valence-corrected chi connectivity index (χ4v) is 2.60. The number of aromatic nitrogens is 2. The normalized spacial score (nSPS) is 12.0. The first kappa shape index (κ1) is 17.4. The number of benzene rings is 1. The number of hydrogen-bond acceptors (Lipinski definition) is 2. The minimum atomic E-state index is -0.219. The number of aryl methyl sites for hydroxylation is 1. The molecule has 2 N–H and O–H groups in total. The van der Waals surface area contributed by atoms with Crippen LogP contribution in [-0.4, -0.2) is 20.9 Å². The maximum atomic E-state index is 13.8. The molecule has 0 aliphatic heterocycles. The van der Waals surface area contributed by atoms with E-state index < -0.39 is 0 Å². The highest BCUT2D eigenvalue weighted by Gasteiger charge is 2.14. The lowest BCUT2D eigenvalue weighted by atomic mass is 10.2. The predicted octanol–water partition coefficient (Wildman–Crippen LogP) is 3.77. The van der Waals surface area contributed by atoms with Gasteiger partial charge in [-0.25, -0.2) is 4.39 Å². The van der Waals surface area contributed by atoms with Crippen molar-refractivity contribution >= 4 is 23.0 Å². The Morgan fingerprint density at radius 2 is 2.04 bits per heavy atom.